The first kappa shape index (κ1) is 94.8. The largest absolute Gasteiger partial charge is 0.397 e. The zero-order chi connectivity index (χ0) is 80.7. The van der Waals surface area contributed by atoms with E-state index in [-0.39, 0.29) is 55.3 Å². The zero-order valence-electron chi connectivity index (χ0n) is 57.4. The predicted molar refractivity (Wildman–Crippen MR) is 342 cm³/mol. The summed E-state index contributed by atoms with van der Waals surface area (Å²) in [5.41, 5.74) is 0. The van der Waals surface area contributed by atoms with Gasteiger partial charge >= 0.3 is 31.2 Å². The Morgan fingerprint density at radius 2 is 0.600 bits per heavy atom. The smallest absolute Gasteiger partial charge is 0.394 e. The molecule has 110 heavy (non-hydrogen) atoms. The average Bonchev–Trinajstić information content (AvgIpc) is 0.778. The summed E-state index contributed by atoms with van der Waals surface area (Å²) in [6.45, 7) is 1.26. The van der Waals surface area contributed by atoms with Crippen LogP contribution in [0.2, 0.25) is 0 Å². The van der Waals surface area contributed by atoms with Crippen molar-refractivity contribution < 1.29 is 237 Å². The Morgan fingerprint density at radius 1 is 0.345 bits per heavy atom. The molecule has 0 radical (unpaired) electrons. The molecule has 8 heterocycles. The van der Waals surface area contributed by atoms with Crippen LogP contribution >= 0.6 is 48.9 Å². The fourth-order valence-electron chi connectivity index (χ4n) is 13.0. The summed E-state index contributed by atoms with van der Waals surface area (Å²) in [5.74, 6) is 0. The summed E-state index contributed by atoms with van der Waals surface area (Å²) < 4.78 is 237. The second-order valence-electron chi connectivity index (χ2n) is 25.2. The molecule has 54 nitrogen and oxygen atoms in total. The minimum Gasteiger partial charge on any atom is -0.394 e. The van der Waals surface area contributed by atoms with Gasteiger partial charge in [-0.3, -0.25) is 13.7 Å². The van der Waals surface area contributed by atoms with Gasteiger partial charge in [-0.15, -0.1) is 17.3 Å². The Kier molecular flexibility index (Phi) is 38.0. The first-order valence-corrected chi connectivity index (χ1v) is 39.6. The molecule has 646 valence electrons. The number of aliphatic hydroxyl groups is 10. The first-order valence-electron chi connectivity index (χ1n) is 32.5. The lowest BCUT2D eigenvalue weighted by Crippen LogP contribution is -2.67. The molecule has 0 aromatic carbocycles. The van der Waals surface area contributed by atoms with Crippen LogP contribution in [0.1, 0.15) is 53.4 Å². The quantitative estimate of drug-likeness (QED) is 0.00675. The van der Waals surface area contributed by atoms with Gasteiger partial charge in [0.1, 0.15) is 147 Å². The molecule has 8 fully saturated rings. The predicted octanol–water partition coefficient (Wildman–Crippen LogP) is -7.76. The molecule has 0 spiro atoms. The standard InChI is InChI=1S/C49H88N4O50S7/c1-14-34(59)18(55)6-26(81-14)90-44-24(12-79-109(71,72)73)87-48(32(37(44)62)52-106-102-98-66)94-40-16(3)82-27(7-19(40)56)89-42-22(10-54)85-47(31(36(42)61)51-105-101-97-65)93-39-15(2)83-29(8-20(39)57)92-45-25(13-80-110(74,75)76)88-49(33(38(45)63)53-107-103-99-67)95-41-17(4)84-28(9-21(41)58)91-43-23(11-78-108(68,69)70)86-46(77-5)30(35(43)60)50-104-100-96-64/h14-67H,6-13H2,1-5H3,(H,68,69,70)(H,71,72,73)(H,74,75,76)/t14?,15?,16?,17?,18-,19-,20-,21-,22?,23?,24?,25?,26-,27-,28-,29-,30?,31?,32?,33?,34+,35+,36+,37+,38+,39-,40-,41-,42+,43+,44+,45+,46-,47-,48-,49-/m0/s1. The Bertz CT molecular complexity index is 3020. The summed E-state index contributed by atoms with van der Waals surface area (Å²) in [4.78, 5) is 0. The van der Waals surface area contributed by atoms with Crippen molar-refractivity contribution in [1.82, 2.24) is 18.9 Å². The van der Waals surface area contributed by atoms with E-state index in [1.165, 1.54) is 27.7 Å². The fourth-order valence-corrected chi connectivity index (χ4v) is 15.6. The van der Waals surface area contributed by atoms with Gasteiger partial charge in [-0.2, -0.15) is 25.3 Å². The molecule has 8 aliphatic rings. The summed E-state index contributed by atoms with van der Waals surface area (Å²) in [5, 5.41) is 164. The Labute approximate surface area is 640 Å². The van der Waals surface area contributed by atoms with E-state index >= 15 is 0 Å². The summed E-state index contributed by atoms with van der Waals surface area (Å²) in [6.07, 6.45) is -53.4. The number of methoxy groups -OCH3 is 1. The number of aliphatic hydroxyl groups excluding tert-OH is 10. The van der Waals surface area contributed by atoms with E-state index < -0.39 is 298 Å². The van der Waals surface area contributed by atoms with Crippen LogP contribution in [0.5, 0.6) is 0 Å². The van der Waals surface area contributed by atoms with Crippen LogP contribution in [0.3, 0.4) is 0 Å². The van der Waals surface area contributed by atoms with Crippen molar-refractivity contribution in [2.75, 3.05) is 33.5 Å². The minimum atomic E-state index is -5.33. The van der Waals surface area contributed by atoms with E-state index in [4.69, 9.17) is 96.8 Å². The maximum atomic E-state index is 12.2. The molecule has 61 heteroatoms. The van der Waals surface area contributed by atoms with Crippen LogP contribution < -0.4 is 18.9 Å². The average molecular weight is 1760 g/mol. The molecule has 8 rings (SSSR count). The van der Waals surface area contributed by atoms with Gasteiger partial charge in [0.05, 0.1) is 99.4 Å². The van der Waals surface area contributed by atoms with E-state index in [0.29, 0.717) is 0 Å². The van der Waals surface area contributed by atoms with Crippen molar-refractivity contribution in [3.63, 3.8) is 0 Å². The van der Waals surface area contributed by atoms with Crippen molar-refractivity contribution >= 4 is 80.1 Å². The summed E-state index contributed by atoms with van der Waals surface area (Å²) >= 11 is 0.656. The highest BCUT2D eigenvalue weighted by Crippen LogP contribution is 2.40. The SMILES string of the molecule is CO[C@H]1OC(COS(=O)(=O)O)[C@@H](O[C@H]2C[C@H](O)[C@@H](O[C@@H]3OC(COS(=O)(=O)O)[C@@H](O[C@H]4C[C@H](O)[C@@H](O[C@@H]5OC(CO)[C@@H](O[C@H]6C[C@H](O)[C@@H](O[C@@H]7OC(COS(=O)(=O)O)[C@@H](O[C@H]8C[C@H](O)[C@H](O)C(C)O8)[C@H](O)C7NSOOO)C(C)O6)[C@H](O)C5NSOOO)C(C)O4)[C@H](O)C3NSOOO)C(C)O2)[C@H](O)C1NSOOO. The molecule has 0 bridgehead atoms. The van der Waals surface area contributed by atoms with E-state index in [1.807, 2.05) is 0 Å². The van der Waals surface area contributed by atoms with Gasteiger partial charge in [0.25, 0.3) is 0 Å². The molecule has 12 unspecified atom stereocenters. The Balaban J connectivity index is 0.921. The molecular formula is C49H88N4O50S7. The number of hydrogen-bond acceptors (Lipinski definition) is 55. The highest BCUT2D eigenvalue weighted by atomic mass is 32.3. The van der Waals surface area contributed by atoms with Gasteiger partial charge in [-0.25, -0.2) is 52.5 Å². The van der Waals surface area contributed by atoms with Gasteiger partial charge in [0.15, 0.2) is 50.3 Å². The maximum Gasteiger partial charge on any atom is 0.397 e. The van der Waals surface area contributed by atoms with Crippen LogP contribution in [0.4, 0.5) is 0 Å². The third-order valence-corrected chi connectivity index (χ3v) is 21.2. The second kappa shape index (κ2) is 44.0. The molecule has 8 aliphatic heterocycles. The fraction of sp³-hybridized carbons (Fsp3) is 1.00. The molecule has 36 atom stereocenters. The van der Waals surface area contributed by atoms with Gasteiger partial charge in [0.2, 0.25) is 0 Å². The highest BCUT2D eigenvalue weighted by molar-refractivity contribution is 7.93. The summed E-state index contributed by atoms with van der Waals surface area (Å²) in [6, 6.07) is -6.19. The van der Waals surface area contributed by atoms with Crippen LogP contribution in [-0.2, 0) is 157 Å². The van der Waals surface area contributed by atoms with Crippen LogP contribution in [-0.4, -0.2) is 366 Å². The molecule has 0 amide bonds. The number of hydrogen-bond donors (Lipinski definition) is 21. The molecular weight excluding hydrogens is 1670 g/mol. The lowest BCUT2D eigenvalue weighted by Gasteiger charge is -2.49. The van der Waals surface area contributed by atoms with Crippen molar-refractivity contribution in [2.45, 2.75) is 274 Å². The van der Waals surface area contributed by atoms with Crippen molar-refractivity contribution in [3.8, 4) is 0 Å². The van der Waals surface area contributed by atoms with E-state index in [9.17, 15) is 90.0 Å². The third kappa shape index (κ3) is 26.7. The lowest BCUT2D eigenvalue weighted by molar-refractivity contribution is -0.432. The van der Waals surface area contributed by atoms with Gasteiger partial charge < -0.3 is 127 Å². The topological polar surface area (TPSA) is 744 Å². The van der Waals surface area contributed by atoms with Crippen LogP contribution in [0.15, 0.2) is 0 Å². The van der Waals surface area contributed by atoms with E-state index in [2.05, 4.69) is 68.9 Å². The Morgan fingerprint density at radius 3 is 0.855 bits per heavy atom. The number of nitrogens with one attached hydrogen (secondary N) is 4. The maximum absolute atomic E-state index is 12.2. The van der Waals surface area contributed by atoms with Gasteiger partial charge in [-0.05, 0) is 27.7 Å². The Hall–Kier alpha value is -0.670. The number of ether oxygens (including phenoxy) is 16. The summed E-state index contributed by atoms with van der Waals surface area (Å²) in [7, 11) is -14.5. The minimum absolute atomic E-state index is 0.104. The number of rotatable bonds is 41. The van der Waals surface area contributed by atoms with Gasteiger partial charge in [0, 0.05) is 32.8 Å². The molecule has 0 aromatic rings. The molecule has 0 aromatic heterocycles. The zero-order valence-corrected chi connectivity index (χ0v) is 63.1. The van der Waals surface area contributed by atoms with E-state index in [1.54, 1.807) is 0 Å². The van der Waals surface area contributed by atoms with Crippen molar-refractivity contribution in [2.24, 2.45) is 0 Å². The van der Waals surface area contributed by atoms with E-state index in [0.717, 1.165) is 7.11 Å². The van der Waals surface area contributed by atoms with Crippen molar-refractivity contribution in [3.05, 3.63) is 0 Å². The molecule has 8 saturated heterocycles. The van der Waals surface area contributed by atoms with Gasteiger partial charge in [-0.1, -0.05) is 20.2 Å². The first-order chi connectivity index (χ1) is 52.0. The van der Waals surface area contributed by atoms with Crippen LogP contribution in [0, 0.1) is 0 Å². The molecule has 0 saturated carbocycles. The normalized spacial score (nSPS) is 43.4. The van der Waals surface area contributed by atoms with Crippen LogP contribution in [0.25, 0.3) is 0 Å². The molecule has 21 N–H and O–H groups in total. The second-order valence-corrected chi connectivity index (χ2v) is 30.6. The molecule has 0 aliphatic carbocycles. The monoisotopic (exact) mass is 1760 g/mol. The lowest BCUT2D eigenvalue weighted by atomic mass is 9.95. The van der Waals surface area contributed by atoms with Crippen molar-refractivity contribution in [1.29, 1.82) is 0 Å². The third-order valence-electron chi connectivity index (χ3n) is 18.0. The highest BCUT2D eigenvalue weighted by Gasteiger charge is 2.57.